The van der Waals surface area contributed by atoms with Crippen molar-refractivity contribution in [3.8, 4) is 0 Å². The summed E-state index contributed by atoms with van der Waals surface area (Å²) in [5.41, 5.74) is 0. The summed E-state index contributed by atoms with van der Waals surface area (Å²) in [5.74, 6) is -0.00112. The standard InChI is InChI=1S/C11H22N2O3/c1-2-3-6-15-7-5-13-11(14)10-9-16-8-4-12-10/h10,12H,2-9H2,1H3,(H,13,14). The molecule has 0 spiro atoms. The molecule has 16 heavy (non-hydrogen) atoms. The number of rotatable bonds is 7. The van der Waals surface area contributed by atoms with Gasteiger partial charge in [-0.3, -0.25) is 4.79 Å². The molecular weight excluding hydrogens is 208 g/mol. The predicted octanol–water partition coefficient (Wildman–Crippen LogP) is -0.0923. The van der Waals surface area contributed by atoms with Gasteiger partial charge in [-0.1, -0.05) is 13.3 Å². The van der Waals surface area contributed by atoms with Gasteiger partial charge in [0.1, 0.15) is 6.04 Å². The summed E-state index contributed by atoms with van der Waals surface area (Å²) in [5, 5.41) is 5.93. The van der Waals surface area contributed by atoms with E-state index in [2.05, 4.69) is 17.6 Å². The Balaban J connectivity index is 1.97. The van der Waals surface area contributed by atoms with Crippen LogP contribution in [0.1, 0.15) is 19.8 Å². The Kier molecular flexibility index (Phi) is 7.12. The Morgan fingerprint density at radius 1 is 1.56 bits per heavy atom. The van der Waals surface area contributed by atoms with Crippen molar-refractivity contribution in [3.63, 3.8) is 0 Å². The minimum Gasteiger partial charge on any atom is -0.380 e. The highest BCUT2D eigenvalue weighted by molar-refractivity contribution is 5.81. The summed E-state index contributed by atoms with van der Waals surface area (Å²) in [4.78, 5) is 11.6. The first-order valence-corrected chi connectivity index (χ1v) is 6.01. The molecule has 1 heterocycles. The fourth-order valence-electron chi connectivity index (χ4n) is 1.45. The highest BCUT2D eigenvalue weighted by atomic mass is 16.5. The quantitative estimate of drug-likeness (QED) is 0.600. The van der Waals surface area contributed by atoms with Crippen LogP contribution >= 0.6 is 0 Å². The molecule has 1 amide bonds. The van der Waals surface area contributed by atoms with Gasteiger partial charge in [0.2, 0.25) is 5.91 Å². The summed E-state index contributed by atoms with van der Waals surface area (Å²) in [6.45, 7) is 5.94. The van der Waals surface area contributed by atoms with Gasteiger partial charge in [-0.25, -0.2) is 0 Å². The molecule has 1 aliphatic rings. The van der Waals surface area contributed by atoms with E-state index in [-0.39, 0.29) is 11.9 Å². The van der Waals surface area contributed by atoms with Gasteiger partial charge in [-0.05, 0) is 6.42 Å². The number of hydrogen-bond donors (Lipinski definition) is 2. The van der Waals surface area contributed by atoms with E-state index < -0.39 is 0 Å². The van der Waals surface area contributed by atoms with Crippen LogP contribution in [0.2, 0.25) is 0 Å². The first-order chi connectivity index (χ1) is 7.84. The Bertz CT molecular complexity index is 194. The van der Waals surface area contributed by atoms with Crippen molar-refractivity contribution in [1.29, 1.82) is 0 Å². The van der Waals surface area contributed by atoms with Gasteiger partial charge in [-0.2, -0.15) is 0 Å². The van der Waals surface area contributed by atoms with Crippen LogP contribution in [-0.4, -0.2) is 51.5 Å². The van der Waals surface area contributed by atoms with Crippen molar-refractivity contribution >= 4 is 5.91 Å². The third-order valence-electron chi connectivity index (χ3n) is 2.43. The second-order valence-corrected chi connectivity index (χ2v) is 3.84. The molecule has 0 aromatic rings. The molecule has 5 heteroatoms. The molecule has 1 saturated heterocycles. The molecule has 5 nitrogen and oxygen atoms in total. The second kappa shape index (κ2) is 8.50. The zero-order chi connectivity index (χ0) is 11.6. The lowest BCUT2D eigenvalue weighted by Crippen LogP contribution is -2.51. The van der Waals surface area contributed by atoms with Crippen LogP contribution in [0.25, 0.3) is 0 Å². The number of carbonyl (C=O) groups is 1. The molecule has 0 radical (unpaired) electrons. The summed E-state index contributed by atoms with van der Waals surface area (Å²) < 4.78 is 10.6. The van der Waals surface area contributed by atoms with E-state index in [1.807, 2.05) is 0 Å². The second-order valence-electron chi connectivity index (χ2n) is 3.84. The number of carbonyl (C=O) groups excluding carboxylic acids is 1. The topological polar surface area (TPSA) is 59.6 Å². The average Bonchev–Trinajstić information content (AvgIpc) is 2.34. The van der Waals surface area contributed by atoms with Crippen LogP contribution in [-0.2, 0) is 14.3 Å². The molecule has 0 aromatic carbocycles. The van der Waals surface area contributed by atoms with Gasteiger partial charge in [0.25, 0.3) is 0 Å². The molecule has 2 N–H and O–H groups in total. The number of hydrogen-bond acceptors (Lipinski definition) is 4. The molecular formula is C11H22N2O3. The van der Waals surface area contributed by atoms with Crippen molar-refractivity contribution in [2.24, 2.45) is 0 Å². The third-order valence-corrected chi connectivity index (χ3v) is 2.43. The van der Waals surface area contributed by atoms with E-state index >= 15 is 0 Å². The molecule has 0 aliphatic carbocycles. The van der Waals surface area contributed by atoms with Gasteiger partial charge < -0.3 is 20.1 Å². The highest BCUT2D eigenvalue weighted by Gasteiger charge is 2.20. The maximum atomic E-state index is 11.6. The molecule has 0 saturated carbocycles. The van der Waals surface area contributed by atoms with Gasteiger partial charge in [-0.15, -0.1) is 0 Å². The van der Waals surface area contributed by atoms with Gasteiger partial charge >= 0.3 is 0 Å². The normalized spacial score (nSPS) is 20.7. The zero-order valence-electron chi connectivity index (χ0n) is 9.96. The Hall–Kier alpha value is -0.650. The van der Waals surface area contributed by atoms with Crippen LogP contribution in [0.3, 0.4) is 0 Å². The lowest BCUT2D eigenvalue weighted by Gasteiger charge is -2.22. The minimum absolute atomic E-state index is 0.00112. The summed E-state index contributed by atoms with van der Waals surface area (Å²) in [7, 11) is 0. The predicted molar refractivity (Wildman–Crippen MR) is 61.3 cm³/mol. The van der Waals surface area contributed by atoms with E-state index in [1.165, 1.54) is 0 Å². The lowest BCUT2D eigenvalue weighted by atomic mass is 10.2. The van der Waals surface area contributed by atoms with Crippen molar-refractivity contribution in [2.45, 2.75) is 25.8 Å². The number of amides is 1. The molecule has 94 valence electrons. The number of nitrogens with one attached hydrogen (secondary N) is 2. The van der Waals surface area contributed by atoms with E-state index in [0.717, 1.165) is 26.0 Å². The smallest absolute Gasteiger partial charge is 0.239 e. The Labute approximate surface area is 96.9 Å². The van der Waals surface area contributed by atoms with E-state index in [4.69, 9.17) is 9.47 Å². The summed E-state index contributed by atoms with van der Waals surface area (Å²) >= 11 is 0. The van der Waals surface area contributed by atoms with Gasteiger partial charge in [0, 0.05) is 19.7 Å². The van der Waals surface area contributed by atoms with Crippen LogP contribution in [0, 0.1) is 0 Å². The largest absolute Gasteiger partial charge is 0.380 e. The third kappa shape index (κ3) is 5.44. The average molecular weight is 230 g/mol. The molecule has 1 rings (SSSR count). The molecule has 1 unspecified atom stereocenters. The number of ether oxygens (including phenoxy) is 2. The first kappa shape index (κ1) is 13.4. The molecule has 1 aliphatic heterocycles. The van der Waals surface area contributed by atoms with Crippen LogP contribution in [0.15, 0.2) is 0 Å². The SMILES string of the molecule is CCCCOCCNC(=O)C1COCCN1. The van der Waals surface area contributed by atoms with Crippen LogP contribution in [0.4, 0.5) is 0 Å². The molecule has 1 atom stereocenters. The van der Waals surface area contributed by atoms with E-state index in [0.29, 0.717) is 26.4 Å². The Morgan fingerprint density at radius 3 is 3.12 bits per heavy atom. The monoisotopic (exact) mass is 230 g/mol. The van der Waals surface area contributed by atoms with E-state index in [9.17, 15) is 4.79 Å². The molecule has 1 fully saturated rings. The highest BCUT2D eigenvalue weighted by Crippen LogP contribution is 1.92. The fourth-order valence-corrected chi connectivity index (χ4v) is 1.45. The van der Waals surface area contributed by atoms with Crippen molar-refractivity contribution in [2.75, 3.05) is 39.5 Å². The van der Waals surface area contributed by atoms with E-state index in [1.54, 1.807) is 0 Å². The van der Waals surface area contributed by atoms with Crippen molar-refractivity contribution in [1.82, 2.24) is 10.6 Å². The summed E-state index contributed by atoms with van der Waals surface area (Å²) in [6.07, 6.45) is 2.21. The maximum Gasteiger partial charge on any atom is 0.239 e. The number of unbranched alkanes of at least 4 members (excludes halogenated alkanes) is 1. The van der Waals surface area contributed by atoms with Crippen molar-refractivity contribution < 1.29 is 14.3 Å². The molecule has 0 aromatic heterocycles. The Morgan fingerprint density at radius 2 is 2.44 bits per heavy atom. The number of morpholine rings is 1. The van der Waals surface area contributed by atoms with Crippen LogP contribution < -0.4 is 10.6 Å². The molecule has 0 bridgehead atoms. The first-order valence-electron chi connectivity index (χ1n) is 6.01. The lowest BCUT2D eigenvalue weighted by molar-refractivity contribution is -0.126. The fraction of sp³-hybridized carbons (Fsp3) is 0.909. The van der Waals surface area contributed by atoms with Crippen molar-refractivity contribution in [3.05, 3.63) is 0 Å². The maximum absolute atomic E-state index is 11.6. The van der Waals surface area contributed by atoms with Crippen LogP contribution in [0.5, 0.6) is 0 Å². The van der Waals surface area contributed by atoms with Gasteiger partial charge in [0.15, 0.2) is 0 Å². The summed E-state index contributed by atoms with van der Waals surface area (Å²) in [6, 6.07) is -0.204. The minimum atomic E-state index is -0.204. The van der Waals surface area contributed by atoms with Gasteiger partial charge in [0.05, 0.1) is 19.8 Å². The zero-order valence-corrected chi connectivity index (χ0v) is 9.96.